The number of thiophene rings is 1. The molecule has 0 radical (unpaired) electrons. The van der Waals surface area contributed by atoms with Crippen molar-refractivity contribution < 1.29 is 0 Å². The average Bonchev–Trinajstić information content (AvgIpc) is 3.05. The maximum atomic E-state index is 13.4. The molecule has 29 heavy (non-hydrogen) atoms. The SMILES string of the molecule is CCCCCCCCCn1c(NN)nc2sc3c(c2c1=O)CCC(C(C)(C)C)C3. The second kappa shape index (κ2) is 9.61. The van der Waals surface area contributed by atoms with E-state index in [-0.39, 0.29) is 5.56 Å². The van der Waals surface area contributed by atoms with Crippen LogP contribution in [-0.2, 0) is 19.4 Å². The van der Waals surface area contributed by atoms with E-state index < -0.39 is 0 Å². The van der Waals surface area contributed by atoms with E-state index in [4.69, 9.17) is 10.8 Å². The molecule has 0 amide bonds. The average molecular weight is 419 g/mol. The predicted molar refractivity (Wildman–Crippen MR) is 125 cm³/mol. The molecular formula is C23H38N4OS. The van der Waals surface area contributed by atoms with Gasteiger partial charge >= 0.3 is 0 Å². The number of hydrazine groups is 1. The number of unbranched alkanes of at least 4 members (excludes halogenated alkanes) is 6. The molecule has 0 aliphatic heterocycles. The Bertz CT molecular complexity index is 878. The standard InChI is InChI=1S/C23H38N4OS/c1-5-6-7-8-9-10-11-14-27-21(28)19-17-13-12-16(23(2,3)4)15-18(17)29-20(19)25-22(27)26-24/h16H,5-15,24H2,1-4H3,(H,25,26). The number of aromatic nitrogens is 2. The van der Waals surface area contributed by atoms with Crippen LogP contribution < -0.4 is 16.8 Å². The van der Waals surface area contributed by atoms with Crippen molar-refractivity contribution in [3.05, 3.63) is 20.8 Å². The fraction of sp³-hybridized carbons (Fsp3) is 0.739. The first kappa shape index (κ1) is 22.3. The fourth-order valence-electron chi connectivity index (χ4n) is 4.54. The molecule has 5 nitrogen and oxygen atoms in total. The van der Waals surface area contributed by atoms with Crippen molar-refractivity contribution in [1.82, 2.24) is 9.55 Å². The monoisotopic (exact) mass is 418 g/mol. The Hall–Kier alpha value is -1.40. The molecule has 3 N–H and O–H groups in total. The second-order valence-electron chi connectivity index (χ2n) is 9.65. The highest BCUT2D eigenvalue weighted by atomic mass is 32.1. The summed E-state index contributed by atoms with van der Waals surface area (Å²) in [5, 5.41) is 0.847. The number of hydrogen-bond acceptors (Lipinski definition) is 5. The number of nitrogens with zero attached hydrogens (tertiary/aromatic N) is 2. The van der Waals surface area contributed by atoms with E-state index in [0.29, 0.717) is 23.8 Å². The molecular weight excluding hydrogens is 380 g/mol. The molecule has 3 rings (SSSR count). The van der Waals surface area contributed by atoms with E-state index in [2.05, 4.69) is 33.1 Å². The molecule has 2 heterocycles. The number of hydrogen-bond donors (Lipinski definition) is 2. The van der Waals surface area contributed by atoms with Gasteiger partial charge in [0.05, 0.1) is 5.39 Å². The molecule has 1 atom stereocenters. The molecule has 1 aliphatic carbocycles. The minimum absolute atomic E-state index is 0.0839. The Kier molecular flexibility index (Phi) is 7.38. The third-order valence-electron chi connectivity index (χ3n) is 6.51. The van der Waals surface area contributed by atoms with Gasteiger partial charge in [-0.3, -0.25) is 14.8 Å². The first-order valence-corrected chi connectivity index (χ1v) is 12.2. The van der Waals surface area contributed by atoms with Crippen LogP contribution in [0, 0.1) is 11.3 Å². The third-order valence-corrected chi connectivity index (χ3v) is 7.66. The topological polar surface area (TPSA) is 72.9 Å². The van der Waals surface area contributed by atoms with Crippen molar-refractivity contribution >= 4 is 27.5 Å². The highest BCUT2D eigenvalue weighted by Gasteiger charge is 2.32. The number of nitrogen functional groups attached to an aromatic ring is 1. The molecule has 0 aromatic carbocycles. The number of anilines is 1. The van der Waals surface area contributed by atoms with Gasteiger partial charge in [-0.1, -0.05) is 66.2 Å². The van der Waals surface area contributed by atoms with E-state index >= 15 is 0 Å². The van der Waals surface area contributed by atoms with Crippen LogP contribution in [0.3, 0.4) is 0 Å². The van der Waals surface area contributed by atoms with E-state index in [1.54, 1.807) is 15.9 Å². The zero-order chi connectivity index (χ0) is 21.0. The largest absolute Gasteiger partial charge is 0.294 e. The molecule has 0 saturated carbocycles. The molecule has 0 saturated heterocycles. The van der Waals surface area contributed by atoms with Gasteiger partial charge in [-0.2, -0.15) is 0 Å². The molecule has 162 valence electrons. The van der Waals surface area contributed by atoms with Gasteiger partial charge in [-0.15, -0.1) is 11.3 Å². The van der Waals surface area contributed by atoms with Crippen LogP contribution in [0.25, 0.3) is 10.2 Å². The summed E-state index contributed by atoms with van der Waals surface area (Å²) < 4.78 is 1.76. The molecule has 6 heteroatoms. The molecule has 1 unspecified atom stereocenters. The van der Waals surface area contributed by atoms with Crippen molar-refractivity contribution in [3.63, 3.8) is 0 Å². The molecule has 2 aromatic heterocycles. The van der Waals surface area contributed by atoms with E-state index in [0.717, 1.165) is 42.3 Å². The molecule has 0 spiro atoms. The zero-order valence-corrected chi connectivity index (χ0v) is 19.5. The van der Waals surface area contributed by atoms with Gasteiger partial charge in [0.15, 0.2) is 0 Å². The first-order valence-electron chi connectivity index (χ1n) is 11.4. The summed E-state index contributed by atoms with van der Waals surface area (Å²) in [4.78, 5) is 20.3. The van der Waals surface area contributed by atoms with Crippen LogP contribution in [-0.4, -0.2) is 9.55 Å². The van der Waals surface area contributed by atoms with Crippen LogP contribution in [0.15, 0.2) is 4.79 Å². The lowest BCUT2D eigenvalue weighted by atomic mass is 9.72. The predicted octanol–water partition coefficient (Wildman–Crippen LogP) is 5.65. The Morgan fingerprint density at radius 1 is 1.17 bits per heavy atom. The highest BCUT2D eigenvalue weighted by Crippen LogP contribution is 2.42. The Morgan fingerprint density at radius 3 is 2.52 bits per heavy atom. The summed E-state index contributed by atoms with van der Waals surface area (Å²) >= 11 is 1.69. The molecule has 0 bridgehead atoms. The number of fused-ring (bicyclic) bond motifs is 3. The van der Waals surface area contributed by atoms with Gasteiger partial charge in [0.2, 0.25) is 5.95 Å². The van der Waals surface area contributed by atoms with E-state index in [9.17, 15) is 4.79 Å². The summed E-state index contributed by atoms with van der Waals surface area (Å²) in [5.74, 6) is 6.89. The number of nitrogens with one attached hydrogen (secondary N) is 1. The van der Waals surface area contributed by atoms with E-state index in [1.807, 2.05) is 0 Å². The van der Waals surface area contributed by atoms with Crippen LogP contribution in [0.4, 0.5) is 5.95 Å². The lowest BCUT2D eigenvalue weighted by Gasteiger charge is -2.33. The van der Waals surface area contributed by atoms with Crippen molar-refractivity contribution in [2.24, 2.45) is 17.2 Å². The number of nitrogens with two attached hydrogens (primary N) is 1. The summed E-state index contributed by atoms with van der Waals surface area (Å²) in [6.45, 7) is 9.88. The summed E-state index contributed by atoms with van der Waals surface area (Å²) in [5.41, 5.74) is 4.30. The maximum absolute atomic E-state index is 13.4. The molecule has 0 fully saturated rings. The Morgan fingerprint density at radius 2 is 1.86 bits per heavy atom. The quantitative estimate of drug-likeness (QED) is 0.314. The van der Waals surface area contributed by atoms with Gasteiger partial charge in [0, 0.05) is 11.4 Å². The van der Waals surface area contributed by atoms with Crippen LogP contribution >= 0.6 is 11.3 Å². The Labute approximate surface area is 179 Å². The number of aryl methyl sites for hydroxylation is 1. The van der Waals surface area contributed by atoms with Gasteiger partial charge < -0.3 is 0 Å². The summed E-state index contributed by atoms with van der Waals surface area (Å²) in [7, 11) is 0. The minimum Gasteiger partial charge on any atom is -0.294 e. The lowest BCUT2D eigenvalue weighted by Crippen LogP contribution is -2.29. The third kappa shape index (κ3) is 5.02. The summed E-state index contributed by atoms with van der Waals surface area (Å²) in [6.07, 6.45) is 11.8. The second-order valence-corrected chi connectivity index (χ2v) is 10.7. The van der Waals surface area contributed by atoms with Crippen molar-refractivity contribution in [2.75, 3.05) is 5.43 Å². The lowest BCUT2D eigenvalue weighted by molar-refractivity contribution is 0.218. The number of rotatable bonds is 9. The zero-order valence-electron chi connectivity index (χ0n) is 18.6. The molecule has 2 aromatic rings. The van der Waals surface area contributed by atoms with Crippen molar-refractivity contribution in [1.29, 1.82) is 0 Å². The smallest absolute Gasteiger partial charge is 0.263 e. The van der Waals surface area contributed by atoms with Crippen molar-refractivity contribution in [3.8, 4) is 0 Å². The van der Waals surface area contributed by atoms with Crippen LogP contribution in [0.2, 0.25) is 0 Å². The van der Waals surface area contributed by atoms with Crippen LogP contribution in [0.5, 0.6) is 0 Å². The van der Waals surface area contributed by atoms with Gasteiger partial charge in [0.25, 0.3) is 5.56 Å². The van der Waals surface area contributed by atoms with E-state index in [1.165, 1.54) is 42.5 Å². The Balaban J connectivity index is 1.79. The first-order chi connectivity index (χ1) is 13.9. The highest BCUT2D eigenvalue weighted by molar-refractivity contribution is 7.18. The summed E-state index contributed by atoms with van der Waals surface area (Å²) in [6, 6.07) is 0. The van der Waals surface area contributed by atoms with Gasteiger partial charge in [-0.25, -0.2) is 10.8 Å². The van der Waals surface area contributed by atoms with Crippen molar-refractivity contribution in [2.45, 2.75) is 98.4 Å². The normalized spacial score (nSPS) is 16.9. The van der Waals surface area contributed by atoms with Gasteiger partial charge in [-0.05, 0) is 42.6 Å². The minimum atomic E-state index is 0.0839. The maximum Gasteiger partial charge on any atom is 0.263 e. The fourth-order valence-corrected chi connectivity index (χ4v) is 5.83. The molecule has 1 aliphatic rings. The van der Waals surface area contributed by atoms with Gasteiger partial charge in [0.1, 0.15) is 4.83 Å². The van der Waals surface area contributed by atoms with Crippen LogP contribution in [0.1, 0.15) is 89.5 Å².